The molecule has 1 aliphatic rings. The van der Waals surface area contributed by atoms with E-state index in [9.17, 15) is 5.53 Å². The number of allylic oxidation sites excluding steroid dienone is 2. The van der Waals surface area contributed by atoms with Gasteiger partial charge in [-0.25, -0.2) is 4.70 Å². The molecule has 0 spiro atoms. The van der Waals surface area contributed by atoms with Crippen LogP contribution in [0.2, 0.25) is 0 Å². The smallest absolute Gasteiger partial charge is 0.493 e. The Morgan fingerprint density at radius 2 is 0.911 bits per heavy atom. The van der Waals surface area contributed by atoms with Gasteiger partial charge < -0.3 is 20.4 Å². The largest absolute Gasteiger partial charge is 2.00 e. The van der Waals surface area contributed by atoms with Gasteiger partial charge in [-0.05, 0) is 86.8 Å². The summed E-state index contributed by atoms with van der Waals surface area (Å²) in [4.78, 5) is 0. The molecule has 45 heavy (non-hydrogen) atoms. The van der Waals surface area contributed by atoms with Crippen molar-refractivity contribution in [3.8, 4) is 0 Å². The number of benzene rings is 2. The van der Waals surface area contributed by atoms with Crippen molar-refractivity contribution in [3.63, 3.8) is 0 Å². The number of unbranched alkanes of at least 4 members (excludes halogenated alkanes) is 12. The summed E-state index contributed by atoms with van der Waals surface area (Å²) in [6, 6.07) is 18.1. The Hall–Kier alpha value is -1.99. The normalized spacial score (nSPS) is 12.7. The molecule has 3 rings (SSSR count). The van der Waals surface area contributed by atoms with Gasteiger partial charge >= 0.3 is 16.5 Å². The third kappa shape index (κ3) is 13.7. The van der Waals surface area contributed by atoms with E-state index in [0.717, 1.165) is 55.5 Å². The van der Waals surface area contributed by atoms with E-state index in [1.807, 2.05) is 0 Å². The molecular formula is C42H66N2Ni. The molecule has 0 radical (unpaired) electrons. The van der Waals surface area contributed by atoms with Crippen LogP contribution >= 0.6 is 0 Å². The fourth-order valence-corrected chi connectivity index (χ4v) is 6.44. The summed E-state index contributed by atoms with van der Waals surface area (Å²) in [7, 11) is 0. The van der Waals surface area contributed by atoms with Crippen molar-refractivity contribution in [2.75, 3.05) is 0 Å². The molecule has 0 saturated heterocycles. The number of hydrogen-bond donors (Lipinski definition) is 0. The van der Waals surface area contributed by atoms with E-state index in [2.05, 4.69) is 76.2 Å². The maximum atomic E-state index is 12.0. The molecular weight excluding hydrogens is 591 g/mol. The Morgan fingerprint density at radius 1 is 0.467 bits per heavy atom. The maximum Gasteiger partial charge on any atom is 2.00 e. The third-order valence-corrected chi connectivity index (χ3v) is 8.99. The standard InChI is InChI=1S/C40H60N2.2CH3.Ni/c1-5-9-13-16-17-19-22-33-28-30-35(31-29-33)39-37(26-12-8-4)38(27-20-15-11-7-3)40(42(39)41)36-25-21-24-34(32-36)23-18-14-10-6-2;;;/h21,24-25,28-32H,5-20,22-23,26-27H2,1-4H3;2*1H3;/q;2*-1;+2. The van der Waals surface area contributed by atoms with E-state index in [4.69, 9.17) is 0 Å². The second-order valence-electron chi connectivity index (χ2n) is 12.6. The van der Waals surface area contributed by atoms with Gasteiger partial charge in [0.15, 0.2) is 0 Å². The van der Waals surface area contributed by atoms with E-state index in [0.29, 0.717) is 0 Å². The predicted octanol–water partition coefficient (Wildman–Crippen LogP) is 13.9. The molecule has 1 aliphatic heterocycles. The number of hydrogen-bond acceptors (Lipinski definition) is 0. The van der Waals surface area contributed by atoms with Gasteiger partial charge in [0.25, 0.3) is 0 Å². The van der Waals surface area contributed by atoms with Crippen molar-refractivity contribution in [3.05, 3.63) is 102 Å². The van der Waals surface area contributed by atoms with Crippen LogP contribution < -0.4 is 0 Å². The maximum absolute atomic E-state index is 12.0. The van der Waals surface area contributed by atoms with Crippen LogP contribution in [0.25, 0.3) is 16.9 Å². The molecule has 0 N–H and O–H groups in total. The Balaban J connectivity index is 0.00000645. The summed E-state index contributed by atoms with van der Waals surface area (Å²) in [5, 5.41) is 0. The van der Waals surface area contributed by atoms with Gasteiger partial charge in [0, 0.05) is 22.3 Å². The third-order valence-electron chi connectivity index (χ3n) is 8.99. The summed E-state index contributed by atoms with van der Waals surface area (Å²) in [6.45, 7) is 9.11. The first-order chi connectivity index (χ1) is 20.6. The fourth-order valence-electron chi connectivity index (χ4n) is 6.44. The zero-order chi connectivity index (χ0) is 30.0. The van der Waals surface area contributed by atoms with Gasteiger partial charge in [0.2, 0.25) is 11.4 Å². The molecule has 2 aromatic rings. The van der Waals surface area contributed by atoms with Crippen molar-refractivity contribution < 1.29 is 21.2 Å². The van der Waals surface area contributed by atoms with Crippen LogP contribution in [0.4, 0.5) is 0 Å². The van der Waals surface area contributed by atoms with Gasteiger partial charge in [-0.2, -0.15) is 0 Å². The molecule has 0 fully saturated rings. The van der Waals surface area contributed by atoms with Crippen molar-refractivity contribution in [2.45, 2.75) is 156 Å². The van der Waals surface area contributed by atoms with Crippen molar-refractivity contribution >= 4 is 11.4 Å². The molecule has 3 heteroatoms. The minimum Gasteiger partial charge on any atom is -0.493 e. The zero-order valence-electron chi connectivity index (χ0n) is 30.0. The van der Waals surface area contributed by atoms with Gasteiger partial charge in [0.05, 0.1) is 0 Å². The molecule has 0 bridgehead atoms. The molecule has 2 nitrogen and oxygen atoms in total. The van der Waals surface area contributed by atoms with E-state index in [-0.39, 0.29) is 31.3 Å². The summed E-state index contributed by atoms with van der Waals surface area (Å²) < 4.78 is 1.57. The van der Waals surface area contributed by atoms with E-state index < -0.39 is 0 Å². The molecule has 0 saturated carbocycles. The number of nitrogens with zero attached hydrogens (tertiary/aromatic N) is 2. The van der Waals surface area contributed by atoms with Crippen molar-refractivity contribution in [2.24, 2.45) is 0 Å². The predicted molar refractivity (Wildman–Crippen MR) is 196 cm³/mol. The topological polar surface area (TPSA) is 25.3 Å². The first kappa shape index (κ1) is 43.0. The Kier molecular flexibility index (Phi) is 24.0. The Morgan fingerprint density at radius 3 is 1.49 bits per heavy atom. The Bertz CT molecular complexity index is 1140. The fraction of sp³-hybridized carbons (Fsp3) is 0.571. The zero-order valence-corrected chi connectivity index (χ0v) is 31.0. The van der Waals surface area contributed by atoms with E-state index in [1.54, 1.807) is 4.70 Å². The molecule has 0 atom stereocenters. The van der Waals surface area contributed by atoms with Crippen LogP contribution in [0, 0.1) is 14.9 Å². The van der Waals surface area contributed by atoms with E-state index in [1.165, 1.54) is 118 Å². The average molecular weight is 658 g/mol. The number of aryl methyl sites for hydroxylation is 2. The molecule has 2 aromatic carbocycles. The molecule has 1 heterocycles. The molecule has 0 aliphatic carbocycles. The van der Waals surface area contributed by atoms with Crippen LogP contribution in [0.1, 0.15) is 166 Å². The van der Waals surface area contributed by atoms with Gasteiger partial charge in [-0.1, -0.05) is 129 Å². The van der Waals surface area contributed by atoms with Crippen molar-refractivity contribution in [1.82, 2.24) is 0 Å². The molecule has 0 aromatic heterocycles. The Labute approximate surface area is 290 Å². The van der Waals surface area contributed by atoms with Crippen LogP contribution in [-0.2, 0) is 29.3 Å². The summed E-state index contributed by atoms with van der Waals surface area (Å²) >= 11 is 0. The first-order valence-electron chi connectivity index (χ1n) is 17.8. The summed E-state index contributed by atoms with van der Waals surface area (Å²) in [5.41, 5.74) is 21.9. The van der Waals surface area contributed by atoms with Crippen LogP contribution in [-0.4, -0.2) is 4.70 Å². The minimum atomic E-state index is 0. The van der Waals surface area contributed by atoms with Gasteiger partial charge in [0.1, 0.15) is 0 Å². The summed E-state index contributed by atoms with van der Waals surface area (Å²) in [5.74, 6) is 0. The SMILES string of the molecule is CCCCCCCCc1ccc(C2=C(CCCC)C(CCCCCC)=C(c3cccc(CCCCCC)c3)[N+]2=[N-])cc1.[CH3-].[CH3-].[Ni+2]. The molecule has 0 unspecified atom stereocenters. The molecule has 0 amide bonds. The quantitative estimate of drug-likeness (QED) is 0.0521. The van der Waals surface area contributed by atoms with Gasteiger partial charge in [-0.15, -0.1) is 0 Å². The van der Waals surface area contributed by atoms with Crippen LogP contribution in [0.5, 0.6) is 0 Å². The molecule has 254 valence electrons. The summed E-state index contributed by atoms with van der Waals surface area (Å²) in [6.07, 6.45) is 24.7. The van der Waals surface area contributed by atoms with Crippen LogP contribution in [0.3, 0.4) is 0 Å². The van der Waals surface area contributed by atoms with Gasteiger partial charge in [-0.3, -0.25) is 0 Å². The average Bonchev–Trinajstić information content (AvgIpc) is 3.29. The first-order valence-corrected chi connectivity index (χ1v) is 17.8. The van der Waals surface area contributed by atoms with E-state index >= 15 is 0 Å². The minimum absolute atomic E-state index is 0. The van der Waals surface area contributed by atoms with Crippen LogP contribution in [0.15, 0.2) is 59.7 Å². The second-order valence-corrected chi connectivity index (χ2v) is 12.6. The second kappa shape index (κ2) is 25.1. The number of rotatable bonds is 22. The monoisotopic (exact) mass is 656 g/mol. The van der Waals surface area contributed by atoms with Crippen molar-refractivity contribution in [1.29, 1.82) is 0 Å².